The highest BCUT2D eigenvalue weighted by Gasteiger charge is 2.59. The maximum absolute atomic E-state index is 10.4. The molecule has 7 heteroatoms. The summed E-state index contributed by atoms with van der Waals surface area (Å²) in [7, 11) is 0. The van der Waals surface area contributed by atoms with Gasteiger partial charge in [0.2, 0.25) is 0 Å². The number of oxime groups is 1. The van der Waals surface area contributed by atoms with Crippen LogP contribution in [0.2, 0.25) is 0 Å². The van der Waals surface area contributed by atoms with Crippen molar-refractivity contribution in [2.75, 3.05) is 52.5 Å². The maximum Gasteiger partial charge on any atom is 0.144 e. The summed E-state index contributed by atoms with van der Waals surface area (Å²) in [6, 6.07) is 0.223. The number of hydrogen-bond acceptors (Lipinski definition) is 7. The molecular weight excluding hydrogens is 370 g/mol. The number of aliphatic hydroxyl groups is 1. The molecule has 5 rings (SSSR count). The number of nitrogens with zero attached hydrogens (tertiary/aromatic N) is 3. The smallest absolute Gasteiger partial charge is 0.144 e. The number of rotatable bonds is 6. The molecule has 4 heterocycles. The molecule has 7 nitrogen and oxygen atoms in total. The van der Waals surface area contributed by atoms with Crippen molar-refractivity contribution >= 4 is 5.71 Å². The summed E-state index contributed by atoms with van der Waals surface area (Å²) in [5.41, 5.74) is 0.419. The van der Waals surface area contributed by atoms with Gasteiger partial charge in [-0.3, -0.25) is 4.90 Å². The van der Waals surface area contributed by atoms with E-state index in [0.29, 0.717) is 12.5 Å². The van der Waals surface area contributed by atoms with Gasteiger partial charge in [0.15, 0.2) is 0 Å². The lowest BCUT2D eigenvalue weighted by Crippen LogP contribution is -2.71. The number of piperidine rings is 1. The van der Waals surface area contributed by atoms with Crippen molar-refractivity contribution in [1.82, 2.24) is 9.80 Å². The number of ether oxygens (including phenoxy) is 2. The lowest BCUT2D eigenvalue weighted by molar-refractivity contribution is -0.199. The molecule has 0 radical (unpaired) electrons. The molecule has 4 saturated heterocycles. The fraction of sp³-hybridized carbons (Fsp3) is 0.955. The van der Waals surface area contributed by atoms with Gasteiger partial charge in [0.1, 0.15) is 24.0 Å². The van der Waals surface area contributed by atoms with Gasteiger partial charge in [-0.15, -0.1) is 0 Å². The Bertz CT molecular complexity index is 587. The van der Waals surface area contributed by atoms with E-state index in [-0.39, 0.29) is 18.2 Å². The summed E-state index contributed by atoms with van der Waals surface area (Å²) in [4.78, 5) is 10.6. The number of fused-ring (bicyclic) bond motifs is 3. The Balaban J connectivity index is 1.44. The van der Waals surface area contributed by atoms with E-state index in [2.05, 4.69) is 35.7 Å². The molecule has 0 amide bonds. The van der Waals surface area contributed by atoms with Crippen molar-refractivity contribution in [1.29, 1.82) is 0 Å². The first kappa shape index (κ1) is 21.5. The van der Waals surface area contributed by atoms with Crippen molar-refractivity contribution < 1.29 is 19.4 Å². The molecular formula is C22H39N3O4. The highest BCUT2D eigenvalue weighted by Crippen LogP contribution is 2.50. The topological polar surface area (TPSA) is 66.8 Å². The number of morpholine rings is 1. The van der Waals surface area contributed by atoms with E-state index in [1.165, 1.54) is 19.3 Å². The third kappa shape index (κ3) is 4.64. The van der Waals surface area contributed by atoms with Crippen LogP contribution in [-0.4, -0.2) is 96.5 Å². The Kier molecular flexibility index (Phi) is 6.52. The molecule has 0 aromatic heterocycles. The van der Waals surface area contributed by atoms with Gasteiger partial charge in [-0.05, 0) is 59.5 Å². The minimum Gasteiger partial charge on any atom is -0.393 e. The van der Waals surface area contributed by atoms with Crippen LogP contribution in [0, 0.1) is 5.92 Å². The van der Waals surface area contributed by atoms with Crippen molar-refractivity contribution in [3.8, 4) is 0 Å². The average molecular weight is 410 g/mol. The maximum atomic E-state index is 10.4. The average Bonchev–Trinajstić information content (AvgIpc) is 2.69. The van der Waals surface area contributed by atoms with Crippen molar-refractivity contribution in [2.24, 2.45) is 11.1 Å². The molecule has 4 aliphatic heterocycles. The van der Waals surface area contributed by atoms with Crippen LogP contribution in [-0.2, 0) is 14.3 Å². The van der Waals surface area contributed by atoms with Crippen LogP contribution in [0.5, 0.6) is 0 Å². The third-order valence-corrected chi connectivity index (χ3v) is 7.30. The molecule has 4 atom stereocenters. The number of hydrogen-bond donors (Lipinski definition) is 1. The fourth-order valence-electron chi connectivity index (χ4n) is 5.83. The number of likely N-dealkylation sites (tertiary alicyclic amines) is 1. The van der Waals surface area contributed by atoms with Crippen molar-refractivity contribution in [3.05, 3.63) is 0 Å². The summed E-state index contributed by atoms with van der Waals surface area (Å²) in [6.07, 6.45) is 5.36. The molecule has 0 aromatic rings. The summed E-state index contributed by atoms with van der Waals surface area (Å²) in [5.74, 6) is 0.392. The van der Waals surface area contributed by atoms with Crippen molar-refractivity contribution in [2.45, 2.75) is 76.2 Å². The quantitative estimate of drug-likeness (QED) is 0.676. The van der Waals surface area contributed by atoms with Crippen molar-refractivity contribution in [3.63, 3.8) is 0 Å². The zero-order chi connectivity index (χ0) is 20.5. The third-order valence-electron chi connectivity index (χ3n) is 7.30. The molecule has 1 N–H and O–H groups in total. The van der Waals surface area contributed by atoms with E-state index in [1.54, 1.807) is 0 Å². The Morgan fingerprint density at radius 1 is 1.14 bits per heavy atom. The van der Waals surface area contributed by atoms with Crippen LogP contribution < -0.4 is 0 Å². The minimum absolute atomic E-state index is 0.178. The van der Waals surface area contributed by atoms with Crippen LogP contribution in [0.15, 0.2) is 5.16 Å². The van der Waals surface area contributed by atoms with Gasteiger partial charge in [0.25, 0.3) is 0 Å². The fourth-order valence-corrected chi connectivity index (χ4v) is 5.83. The summed E-state index contributed by atoms with van der Waals surface area (Å²) in [6.45, 7) is 13.0. The van der Waals surface area contributed by atoms with Gasteiger partial charge < -0.3 is 24.3 Å². The van der Waals surface area contributed by atoms with Crippen LogP contribution >= 0.6 is 0 Å². The molecule has 1 unspecified atom stereocenters. The van der Waals surface area contributed by atoms with E-state index in [4.69, 9.17) is 14.3 Å². The first-order valence-corrected chi connectivity index (χ1v) is 11.5. The first-order chi connectivity index (χ1) is 13.9. The van der Waals surface area contributed by atoms with Crippen LogP contribution in [0.1, 0.15) is 52.9 Å². The summed E-state index contributed by atoms with van der Waals surface area (Å²) < 4.78 is 12.1. The Morgan fingerprint density at radius 2 is 1.86 bits per heavy atom. The van der Waals surface area contributed by atoms with E-state index >= 15 is 0 Å². The summed E-state index contributed by atoms with van der Waals surface area (Å²) in [5, 5.41) is 15.1. The monoisotopic (exact) mass is 409 g/mol. The number of β-amino-alcohol motifs (C(OH)–C–C–N with tert-alkyl or cyclic N) is 1. The molecule has 5 fully saturated rings. The highest BCUT2D eigenvalue weighted by molar-refractivity contribution is 5.98. The van der Waals surface area contributed by atoms with Gasteiger partial charge >= 0.3 is 0 Å². The van der Waals surface area contributed by atoms with Gasteiger partial charge in [0.05, 0.1) is 24.9 Å². The van der Waals surface area contributed by atoms with Gasteiger partial charge in [-0.2, -0.15) is 0 Å². The molecule has 0 spiro atoms. The highest BCUT2D eigenvalue weighted by atomic mass is 16.6. The molecule has 2 bridgehead atoms. The first-order valence-electron chi connectivity index (χ1n) is 11.5. The number of aliphatic hydroxyl groups excluding tert-OH is 1. The largest absolute Gasteiger partial charge is 0.393 e. The normalized spacial score (nSPS) is 38.3. The van der Waals surface area contributed by atoms with Gasteiger partial charge in [-0.1, -0.05) is 11.6 Å². The standard InChI is InChI=1S/C22H39N3O4/c1-21(2)18-7-8-22(3,29-21)20(19(18)25-11-13-27-14-12-25)23-28-16-17(26)15-24-9-5-4-6-10-24/h17-19,26H,4-16H2,1-3H3/b23-20+/t17?,18-,19-,22+/m1/s1. The van der Waals surface area contributed by atoms with E-state index in [0.717, 1.165) is 57.9 Å². The Morgan fingerprint density at radius 3 is 2.55 bits per heavy atom. The lowest BCUT2D eigenvalue weighted by atomic mass is 9.64. The second-order valence-electron chi connectivity index (χ2n) is 9.96. The molecule has 1 saturated carbocycles. The molecule has 1 aliphatic carbocycles. The van der Waals surface area contributed by atoms with E-state index < -0.39 is 11.7 Å². The molecule has 5 aliphatic rings. The zero-order valence-corrected chi connectivity index (χ0v) is 18.4. The Labute approximate surface area is 175 Å². The van der Waals surface area contributed by atoms with E-state index in [9.17, 15) is 5.11 Å². The van der Waals surface area contributed by atoms with Gasteiger partial charge in [-0.25, -0.2) is 0 Å². The van der Waals surface area contributed by atoms with Crippen LogP contribution in [0.3, 0.4) is 0 Å². The second-order valence-corrected chi connectivity index (χ2v) is 9.96. The Hall–Kier alpha value is -0.730. The second kappa shape index (κ2) is 8.79. The SMILES string of the molecule is CC1(C)O[C@@]2(C)CC[C@@H]1[C@@H](N1CCOCC1)/C2=N\OCC(O)CN1CCCCC1. The van der Waals surface area contributed by atoms with Crippen LogP contribution in [0.4, 0.5) is 0 Å². The predicted octanol–water partition coefficient (Wildman–Crippen LogP) is 1.88. The minimum atomic E-state index is -0.509. The molecule has 0 aromatic carbocycles. The van der Waals surface area contributed by atoms with E-state index in [1.807, 2.05) is 0 Å². The van der Waals surface area contributed by atoms with Crippen LogP contribution in [0.25, 0.3) is 0 Å². The molecule has 166 valence electrons. The van der Waals surface area contributed by atoms with Gasteiger partial charge in [0, 0.05) is 25.6 Å². The molecule has 29 heavy (non-hydrogen) atoms. The predicted molar refractivity (Wildman–Crippen MR) is 112 cm³/mol. The zero-order valence-electron chi connectivity index (χ0n) is 18.4. The summed E-state index contributed by atoms with van der Waals surface area (Å²) >= 11 is 0. The lowest BCUT2D eigenvalue weighted by Gasteiger charge is -2.59.